The summed E-state index contributed by atoms with van der Waals surface area (Å²) in [6.45, 7) is 6.18. The van der Waals surface area contributed by atoms with Gasteiger partial charge in [0, 0.05) is 31.2 Å². The Morgan fingerprint density at radius 2 is 2.05 bits per heavy atom. The number of allylic oxidation sites excluding steroid dienone is 1. The number of nitrogens with zero attached hydrogens (tertiary/aromatic N) is 1. The van der Waals surface area contributed by atoms with Gasteiger partial charge in [-0.1, -0.05) is 37.8 Å². The Morgan fingerprint density at radius 3 is 2.76 bits per heavy atom. The van der Waals surface area contributed by atoms with E-state index in [1.807, 2.05) is 0 Å². The Hall–Kier alpha value is -0.340. The second-order valence-corrected chi connectivity index (χ2v) is 7.61. The third kappa shape index (κ3) is 3.90. The molecule has 21 heavy (non-hydrogen) atoms. The molecule has 0 radical (unpaired) electrons. The van der Waals surface area contributed by atoms with E-state index >= 15 is 0 Å². The molecule has 0 aromatic heterocycles. The molecular formula is C19H34N2. The van der Waals surface area contributed by atoms with Gasteiger partial charge in [0.15, 0.2) is 0 Å². The minimum absolute atomic E-state index is 0.463. The van der Waals surface area contributed by atoms with Crippen molar-refractivity contribution in [2.75, 3.05) is 19.6 Å². The zero-order valence-electron chi connectivity index (χ0n) is 14.0. The third-order valence-corrected chi connectivity index (χ3v) is 6.12. The van der Waals surface area contributed by atoms with Crippen molar-refractivity contribution in [2.24, 2.45) is 0 Å². The number of hydrogen-bond donors (Lipinski definition) is 1. The first-order chi connectivity index (χ1) is 10.3. The maximum atomic E-state index is 3.95. The van der Waals surface area contributed by atoms with E-state index in [9.17, 15) is 0 Å². The zero-order valence-corrected chi connectivity index (χ0v) is 14.0. The Kier molecular flexibility index (Phi) is 5.39. The smallest absolute Gasteiger partial charge is 0.0309 e. The van der Waals surface area contributed by atoms with Crippen LogP contribution in [0.2, 0.25) is 0 Å². The van der Waals surface area contributed by atoms with E-state index in [4.69, 9.17) is 0 Å². The Morgan fingerprint density at radius 1 is 1.19 bits per heavy atom. The average molecular weight is 290 g/mol. The molecule has 2 heteroatoms. The quantitative estimate of drug-likeness (QED) is 0.778. The van der Waals surface area contributed by atoms with Gasteiger partial charge in [-0.25, -0.2) is 0 Å². The summed E-state index contributed by atoms with van der Waals surface area (Å²) in [4.78, 5) is 2.83. The maximum absolute atomic E-state index is 3.95. The normalized spacial score (nSPS) is 30.3. The van der Waals surface area contributed by atoms with E-state index < -0.39 is 0 Å². The molecule has 3 rings (SSSR count). The number of hydrogen-bond acceptors (Lipinski definition) is 2. The van der Waals surface area contributed by atoms with Crippen LogP contribution in [0.1, 0.15) is 77.6 Å². The molecule has 3 aliphatic rings. The molecule has 0 aromatic carbocycles. The molecule has 2 fully saturated rings. The van der Waals surface area contributed by atoms with Crippen molar-refractivity contribution in [3.8, 4) is 0 Å². The number of piperazine rings is 1. The van der Waals surface area contributed by atoms with Crippen molar-refractivity contribution in [1.29, 1.82) is 0 Å². The SMILES string of the molecule is CCC1CNC2(CCCCC2)CN1CCC1=CCCCC1. The molecule has 0 bridgehead atoms. The van der Waals surface area contributed by atoms with Gasteiger partial charge in [0.05, 0.1) is 0 Å². The summed E-state index contributed by atoms with van der Waals surface area (Å²) in [6, 6.07) is 0.766. The van der Waals surface area contributed by atoms with Crippen LogP contribution in [-0.4, -0.2) is 36.1 Å². The standard InChI is InChI=1S/C19H34N2/c1-2-18-15-20-19(12-7-4-8-13-19)16-21(18)14-11-17-9-5-3-6-10-17/h9,18,20H,2-8,10-16H2,1H3. The van der Waals surface area contributed by atoms with E-state index in [2.05, 4.69) is 23.2 Å². The summed E-state index contributed by atoms with van der Waals surface area (Å²) in [5.74, 6) is 0. The van der Waals surface area contributed by atoms with Crippen LogP contribution in [0.4, 0.5) is 0 Å². The first-order valence-corrected chi connectivity index (χ1v) is 9.48. The first-order valence-electron chi connectivity index (χ1n) is 9.48. The fourth-order valence-corrected chi connectivity index (χ4v) is 4.68. The van der Waals surface area contributed by atoms with Crippen LogP contribution in [0.3, 0.4) is 0 Å². The minimum Gasteiger partial charge on any atom is -0.308 e. The molecule has 1 saturated heterocycles. The van der Waals surface area contributed by atoms with Crippen molar-refractivity contribution in [2.45, 2.75) is 89.1 Å². The Bertz CT molecular complexity index is 355. The molecule has 1 unspecified atom stereocenters. The van der Waals surface area contributed by atoms with E-state index in [0.717, 1.165) is 6.04 Å². The van der Waals surface area contributed by atoms with Crippen molar-refractivity contribution >= 4 is 0 Å². The monoisotopic (exact) mass is 290 g/mol. The highest BCUT2D eigenvalue weighted by Crippen LogP contribution is 2.32. The largest absolute Gasteiger partial charge is 0.308 e. The Balaban J connectivity index is 1.58. The third-order valence-electron chi connectivity index (χ3n) is 6.12. The highest BCUT2D eigenvalue weighted by atomic mass is 15.3. The van der Waals surface area contributed by atoms with Gasteiger partial charge in [-0.2, -0.15) is 0 Å². The summed E-state index contributed by atoms with van der Waals surface area (Å²) in [5.41, 5.74) is 2.21. The highest BCUT2D eigenvalue weighted by Gasteiger charge is 2.39. The maximum Gasteiger partial charge on any atom is 0.0309 e. The molecule has 0 aromatic rings. The van der Waals surface area contributed by atoms with Gasteiger partial charge in [0.25, 0.3) is 0 Å². The van der Waals surface area contributed by atoms with Gasteiger partial charge in [-0.3, -0.25) is 4.90 Å². The van der Waals surface area contributed by atoms with Crippen molar-refractivity contribution in [1.82, 2.24) is 10.2 Å². The Labute approximate surface area is 131 Å². The molecule has 1 saturated carbocycles. The number of rotatable bonds is 4. The molecule has 0 amide bonds. The van der Waals surface area contributed by atoms with Crippen LogP contribution >= 0.6 is 0 Å². The fraction of sp³-hybridized carbons (Fsp3) is 0.895. The van der Waals surface area contributed by atoms with Crippen molar-refractivity contribution in [3.63, 3.8) is 0 Å². The van der Waals surface area contributed by atoms with Crippen molar-refractivity contribution < 1.29 is 0 Å². The van der Waals surface area contributed by atoms with Crippen LogP contribution in [0.25, 0.3) is 0 Å². The minimum atomic E-state index is 0.463. The number of nitrogens with one attached hydrogen (secondary N) is 1. The van der Waals surface area contributed by atoms with Gasteiger partial charge < -0.3 is 5.32 Å². The second kappa shape index (κ2) is 7.28. The second-order valence-electron chi connectivity index (χ2n) is 7.61. The summed E-state index contributed by atoms with van der Waals surface area (Å²) in [5, 5.41) is 3.95. The first kappa shape index (κ1) is 15.6. The summed E-state index contributed by atoms with van der Waals surface area (Å²) in [7, 11) is 0. The van der Waals surface area contributed by atoms with Crippen LogP contribution in [0.15, 0.2) is 11.6 Å². The molecule has 1 N–H and O–H groups in total. The summed E-state index contributed by atoms with van der Waals surface area (Å²) < 4.78 is 0. The van der Waals surface area contributed by atoms with Crippen LogP contribution in [0.5, 0.6) is 0 Å². The lowest BCUT2D eigenvalue weighted by Gasteiger charge is -2.50. The predicted molar refractivity (Wildman–Crippen MR) is 90.6 cm³/mol. The topological polar surface area (TPSA) is 15.3 Å². The van der Waals surface area contributed by atoms with E-state index in [1.54, 1.807) is 5.57 Å². The molecule has 1 heterocycles. The van der Waals surface area contributed by atoms with Crippen LogP contribution in [-0.2, 0) is 0 Å². The molecule has 2 nitrogen and oxygen atoms in total. The van der Waals surface area contributed by atoms with Crippen LogP contribution in [0, 0.1) is 0 Å². The molecule has 1 aliphatic heterocycles. The lowest BCUT2D eigenvalue weighted by atomic mass is 9.79. The molecule has 1 atom stereocenters. The molecule has 1 spiro atoms. The molecular weight excluding hydrogens is 256 g/mol. The zero-order chi connectivity index (χ0) is 14.5. The predicted octanol–water partition coefficient (Wildman–Crippen LogP) is 4.26. The van der Waals surface area contributed by atoms with Crippen molar-refractivity contribution in [3.05, 3.63) is 11.6 Å². The van der Waals surface area contributed by atoms with E-state index in [1.165, 1.54) is 90.3 Å². The fourth-order valence-electron chi connectivity index (χ4n) is 4.68. The lowest BCUT2D eigenvalue weighted by Crippen LogP contribution is -2.64. The molecule has 120 valence electrons. The van der Waals surface area contributed by atoms with Gasteiger partial charge in [-0.05, 0) is 51.4 Å². The van der Waals surface area contributed by atoms with Gasteiger partial charge >= 0.3 is 0 Å². The van der Waals surface area contributed by atoms with E-state index in [0.29, 0.717) is 5.54 Å². The van der Waals surface area contributed by atoms with Gasteiger partial charge in [-0.15, -0.1) is 0 Å². The lowest BCUT2D eigenvalue weighted by molar-refractivity contribution is 0.0547. The summed E-state index contributed by atoms with van der Waals surface area (Å²) in [6.07, 6.45) is 17.8. The van der Waals surface area contributed by atoms with E-state index in [-0.39, 0.29) is 0 Å². The molecule has 2 aliphatic carbocycles. The van der Waals surface area contributed by atoms with Gasteiger partial charge in [0.1, 0.15) is 0 Å². The van der Waals surface area contributed by atoms with Crippen LogP contribution < -0.4 is 5.32 Å². The summed E-state index contributed by atoms with van der Waals surface area (Å²) >= 11 is 0. The highest BCUT2D eigenvalue weighted by molar-refractivity contribution is 5.06. The van der Waals surface area contributed by atoms with Gasteiger partial charge in [0.2, 0.25) is 0 Å². The average Bonchev–Trinajstić information content (AvgIpc) is 2.55.